The number of hydrogen-bond acceptors (Lipinski definition) is 3. The number of ether oxygens (including phenoxy) is 1. The third-order valence-corrected chi connectivity index (χ3v) is 8.42. The van der Waals surface area contributed by atoms with E-state index in [1.165, 1.54) is 29.5 Å². The Hall–Kier alpha value is -2.07. The molecule has 29 heavy (non-hydrogen) atoms. The second-order valence-corrected chi connectivity index (χ2v) is 9.66. The maximum Gasteiger partial charge on any atom is 0.119 e. The predicted molar refractivity (Wildman–Crippen MR) is 115 cm³/mol. The number of fused-ring (bicyclic) bond motifs is 5. The molecule has 0 aliphatic heterocycles. The highest BCUT2D eigenvalue weighted by Gasteiger charge is 2.56. The van der Waals surface area contributed by atoms with E-state index >= 15 is 0 Å². The zero-order valence-electron chi connectivity index (χ0n) is 18.0. The molecule has 154 valence electrons. The molecule has 2 fully saturated rings. The van der Waals surface area contributed by atoms with E-state index in [4.69, 9.17) is 4.74 Å². The van der Waals surface area contributed by atoms with E-state index < -0.39 is 0 Å². The molecule has 1 N–H and O–H groups in total. The normalized spacial score (nSPS) is 34.6. The Bertz CT molecular complexity index is 975. The van der Waals surface area contributed by atoms with Crippen LogP contribution in [0.15, 0.2) is 30.0 Å². The summed E-state index contributed by atoms with van der Waals surface area (Å²) in [6, 6.07) is 6.66. The van der Waals surface area contributed by atoms with E-state index in [0.717, 1.165) is 36.3 Å². The molecule has 1 aromatic heterocycles. The molecular formula is C25H32N2O2. The van der Waals surface area contributed by atoms with Gasteiger partial charge < -0.3 is 9.84 Å². The first-order valence-electron chi connectivity index (χ1n) is 11.0. The minimum absolute atomic E-state index is 0.00686. The highest BCUT2D eigenvalue weighted by atomic mass is 16.5. The lowest BCUT2D eigenvalue weighted by molar-refractivity contribution is -0.0158. The van der Waals surface area contributed by atoms with E-state index in [0.29, 0.717) is 17.8 Å². The maximum atomic E-state index is 11.3. The van der Waals surface area contributed by atoms with Crippen molar-refractivity contribution in [1.82, 2.24) is 9.78 Å². The van der Waals surface area contributed by atoms with Gasteiger partial charge in [0.05, 0.1) is 19.4 Å². The topological polar surface area (TPSA) is 47.3 Å². The first kappa shape index (κ1) is 18.9. The first-order valence-corrected chi connectivity index (χ1v) is 11.0. The van der Waals surface area contributed by atoms with Gasteiger partial charge in [-0.2, -0.15) is 5.10 Å². The summed E-state index contributed by atoms with van der Waals surface area (Å²) in [5, 5.41) is 15.7. The Morgan fingerprint density at radius 3 is 2.86 bits per heavy atom. The monoisotopic (exact) mass is 392 g/mol. The summed E-state index contributed by atoms with van der Waals surface area (Å²) in [4.78, 5) is 0. The van der Waals surface area contributed by atoms with Gasteiger partial charge in [-0.3, -0.25) is 4.68 Å². The summed E-state index contributed by atoms with van der Waals surface area (Å²) in [6.45, 7) is 4.43. The summed E-state index contributed by atoms with van der Waals surface area (Å²) >= 11 is 0. The van der Waals surface area contributed by atoms with Gasteiger partial charge in [0.15, 0.2) is 0 Å². The van der Waals surface area contributed by atoms with Gasteiger partial charge in [0.1, 0.15) is 5.75 Å². The predicted octanol–water partition coefficient (Wildman–Crippen LogP) is 4.65. The van der Waals surface area contributed by atoms with E-state index in [9.17, 15) is 5.11 Å². The third-order valence-electron chi connectivity index (χ3n) is 8.42. The highest BCUT2D eigenvalue weighted by molar-refractivity contribution is 5.57. The molecule has 4 nitrogen and oxygen atoms in total. The highest BCUT2D eigenvalue weighted by Crippen LogP contribution is 2.62. The van der Waals surface area contributed by atoms with Crippen molar-refractivity contribution in [3.8, 4) is 5.75 Å². The van der Waals surface area contributed by atoms with E-state index in [1.54, 1.807) is 7.11 Å². The molecule has 5 atom stereocenters. The molecule has 0 amide bonds. The van der Waals surface area contributed by atoms with Gasteiger partial charge in [-0.25, -0.2) is 0 Å². The van der Waals surface area contributed by atoms with Crippen molar-refractivity contribution in [2.75, 3.05) is 7.11 Å². The molecule has 0 spiro atoms. The van der Waals surface area contributed by atoms with Crippen LogP contribution in [0, 0.1) is 24.2 Å². The molecule has 5 unspecified atom stereocenters. The third kappa shape index (κ3) is 2.79. The average Bonchev–Trinajstić information content (AvgIpc) is 3.18. The van der Waals surface area contributed by atoms with Crippen LogP contribution in [-0.4, -0.2) is 28.1 Å². The number of benzene rings is 1. The van der Waals surface area contributed by atoms with Crippen LogP contribution in [0.25, 0.3) is 6.08 Å². The Morgan fingerprint density at radius 2 is 2.14 bits per heavy atom. The lowest BCUT2D eigenvalue weighted by Crippen LogP contribution is -2.44. The second-order valence-electron chi connectivity index (χ2n) is 9.66. The Balaban J connectivity index is 1.48. The largest absolute Gasteiger partial charge is 0.497 e. The van der Waals surface area contributed by atoms with Crippen molar-refractivity contribution >= 4 is 6.08 Å². The number of aliphatic hydroxyl groups excluding tert-OH is 1. The van der Waals surface area contributed by atoms with Crippen LogP contribution in [0.1, 0.15) is 60.9 Å². The van der Waals surface area contributed by atoms with E-state index in [-0.39, 0.29) is 11.5 Å². The van der Waals surface area contributed by atoms with Crippen molar-refractivity contribution in [2.45, 2.75) is 58.0 Å². The smallest absolute Gasteiger partial charge is 0.119 e. The average molecular weight is 393 g/mol. The van der Waals surface area contributed by atoms with Gasteiger partial charge in [0.2, 0.25) is 0 Å². The van der Waals surface area contributed by atoms with Crippen molar-refractivity contribution in [3.05, 3.63) is 52.4 Å². The molecule has 0 saturated heterocycles. The van der Waals surface area contributed by atoms with Gasteiger partial charge in [-0.1, -0.05) is 13.0 Å². The van der Waals surface area contributed by atoms with Crippen LogP contribution >= 0.6 is 0 Å². The molecule has 2 saturated carbocycles. The lowest BCUT2D eigenvalue weighted by Gasteiger charge is -2.49. The minimum atomic E-state index is -0.342. The van der Waals surface area contributed by atoms with Gasteiger partial charge in [-0.05, 0) is 91.7 Å². The van der Waals surface area contributed by atoms with Gasteiger partial charge in [0, 0.05) is 23.7 Å². The molecule has 0 bridgehead atoms. The summed E-state index contributed by atoms with van der Waals surface area (Å²) in [7, 11) is 3.72. The van der Waals surface area contributed by atoms with Crippen LogP contribution in [-0.2, 0) is 13.5 Å². The summed E-state index contributed by atoms with van der Waals surface area (Å²) in [5.41, 5.74) is 6.49. The zero-order valence-corrected chi connectivity index (χ0v) is 18.0. The second kappa shape index (κ2) is 6.73. The van der Waals surface area contributed by atoms with Crippen molar-refractivity contribution in [3.63, 3.8) is 0 Å². The quantitative estimate of drug-likeness (QED) is 0.809. The van der Waals surface area contributed by atoms with Crippen molar-refractivity contribution in [2.24, 2.45) is 24.3 Å². The lowest BCUT2D eigenvalue weighted by atomic mass is 9.55. The molecular weight excluding hydrogens is 360 g/mol. The maximum absolute atomic E-state index is 11.3. The molecule has 1 heterocycles. The summed E-state index contributed by atoms with van der Waals surface area (Å²) < 4.78 is 7.36. The van der Waals surface area contributed by atoms with Crippen LogP contribution < -0.4 is 4.74 Å². The number of methoxy groups -OCH3 is 1. The zero-order chi connectivity index (χ0) is 20.3. The van der Waals surface area contributed by atoms with Gasteiger partial charge in [0.25, 0.3) is 0 Å². The molecule has 5 rings (SSSR count). The van der Waals surface area contributed by atoms with Crippen molar-refractivity contribution < 1.29 is 9.84 Å². The number of aryl methyl sites for hydroxylation is 2. The molecule has 1 aromatic carbocycles. The van der Waals surface area contributed by atoms with Crippen LogP contribution in [0.5, 0.6) is 5.75 Å². The molecule has 2 aromatic rings. The molecule has 3 aliphatic carbocycles. The Morgan fingerprint density at radius 1 is 1.31 bits per heavy atom. The van der Waals surface area contributed by atoms with Crippen molar-refractivity contribution in [1.29, 1.82) is 0 Å². The SMILES string of the molecule is COc1ccc2c(c1)CCC1C2CCC2(C)C(O)C(=Cc3cnn(C)c3C)CC12. The number of aromatic nitrogens is 2. The summed E-state index contributed by atoms with van der Waals surface area (Å²) in [6.07, 6.45) is 9.42. The standard InChI is InChI=1S/C25H32N2O2/c1-15-18(14-26-27(15)3)11-17-13-23-22-7-5-16-12-19(29-4)6-8-20(16)21(22)9-10-25(23,2)24(17)28/h6,8,11-12,14,21-24,28H,5,7,9-10,13H2,1-4H3. The Kier molecular flexibility index (Phi) is 4.39. The molecule has 0 radical (unpaired) electrons. The summed E-state index contributed by atoms with van der Waals surface area (Å²) in [5.74, 6) is 2.80. The number of nitrogens with zero attached hydrogens (tertiary/aromatic N) is 2. The number of rotatable bonds is 2. The fourth-order valence-electron chi connectivity index (χ4n) is 6.54. The van der Waals surface area contributed by atoms with E-state index in [2.05, 4.69) is 43.2 Å². The van der Waals surface area contributed by atoms with Crippen LogP contribution in [0.3, 0.4) is 0 Å². The number of hydrogen-bond donors (Lipinski definition) is 1. The van der Waals surface area contributed by atoms with E-state index in [1.807, 2.05) is 17.9 Å². The van der Waals surface area contributed by atoms with Gasteiger partial charge >= 0.3 is 0 Å². The Labute approximate surface area is 173 Å². The number of aliphatic hydroxyl groups is 1. The fourth-order valence-corrected chi connectivity index (χ4v) is 6.54. The van der Waals surface area contributed by atoms with Crippen LogP contribution in [0.2, 0.25) is 0 Å². The molecule has 4 heteroatoms. The molecule has 3 aliphatic rings. The first-order chi connectivity index (χ1) is 13.9. The van der Waals surface area contributed by atoms with Gasteiger partial charge in [-0.15, -0.1) is 0 Å². The van der Waals surface area contributed by atoms with Crippen LogP contribution in [0.4, 0.5) is 0 Å². The minimum Gasteiger partial charge on any atom is -0.497 e. The fraction of sp³-hybridized carbons (Fsp3) is 0.560.